The Morgan fingerprint density at radius 1 is 1.14 bits per heavy atom. The molecule has 3 heteroatoms. The molecule has 0 aromatic heterocycles. The summed E-state index contributed by atoms with van der Waals surface area (Å²) in [7, 11) is 0. The molecule has 0 bridgehead atoms. The third kappa shape index (κ3) is 5.62. The molecule has 0 spiro atoms. The van der Waals surface area contributed by atoms with E-state index in [-0.39, 0.29) is 5.41 Å². The fraction of sp³-hybridized carbons (Fsp3) is 0.389. The van der Waals surface area contributed by atoms with E-state index < -0.39 is 11.7 Å². The average molecular weight is 292 g/mol. The number of carbonyl (C=O) groups is 1. The Hall–Kier alpha value is -1.77. The van der Waals surface area contributed by atoms with Gasteiger partial charge in [-0.3, -0.25) is 4.79 Å². The van der Waals surface area contributed by atoms with Gasteiger partial charge in [-0.2, -0.15) is 0 Å². The molecule has 114 valence electrons. The molecule has 1 aliphatic carbocycles. The van der Waals surface area contributed by atoms with Crippen molar-refractivity contribution in [2.75, 3.05) is 0 Å². The van der Waals surface area contributed by atoms with Crippen molar-refractivity contribution in [3.05, 3.63) is 59.3 Å². The predicted molar refractivity (Wildman–Crippen MR) is 83.1 cm³/mol. The fourth-order valence-electron chi connectivity index (χ4n) is 2.58. The molecule has 0 saturated carbocycles. The summed E-state index contributed by atoms with van der Waals surface area (Å²) in [5.74, 6) is -1.16. The summed E-state index contributed by atoms with van der Waals surface area (Å²) in [4.78, 5) is 10.0. The SMILES string of the molecule is CC1=C(/C=C/C(F)=C/C=C/C(F)=C/C=O)C(C)(C)CCC1. The summed E-state index contributed by atoms with van der Waals surface area (Å²) >= 11 is 0. The normalized spacial score (nSPS) is 20.6. The summed E-state index contributed by atoms with van der Waals surface area (Å²) in [6.45, 7) is 6.41. The Labute approximate surface area is 125 Å². The van der Waals surface area contributed by atoms with Crippen molar-refractivity contribution in [2.45, 2.75) is 40.0 Å². The Kier molecular flexibility index (Phi) is 6.47. The van der Waals surface area contributed by atoms with Gasteiger partial charge in [-0.25, -0.2) is 8.78 Å². The van der Waals surface area contributed by atoms with Gasteiger partial charge in [-0.15, -0.1) is 0 Å². The molecule has 0 saturated heterocycles. The van der Waals surface area contributed by atoms with Crippen LogP contribution in [0, 0.1) is 5.41 Å². The van der Waals surface area contributed by atoms with Crippen LogP contribution in [0.15, 0.2) is 59.3 Å². The Balaban J connectivity index is 2.80. The van der Waals surface area contributed by atoms with E-state index in [4.69, 9.17) is 0 Å². The molecule has 0 fully saturated rings. The van der Waals surface area contributed by atoms with Crippen molar-refractivity contribution in [1.29, 1.82) is 0 Å². The van der Waals surface area contributed by atoms with E-state index >= 15 is 0 Å². The number of aldehydes is 1. The molecule has 0 radical (unpaired) electrons. The number of hydrogen-bond donors (Lipinski definition) is 0. The van der Waals surface area contributed by atoms with Crippen molar-refractivity contribution < 1.29 is 13.6 Å². The third-order valence-corrected chi connectivity index (χ3v) is 3.69. The summed E-state index contributed by atoms with van der Waals surface area (Å²) in [6.07, 6.45) is 11.1. The van der Waals surface area contributed by atoms with Crippen LogP contribution in [0.1, 0.15) is 40.0 Å². The zero-order valence-electron chi connectivity index (χ0n) is 12.8. The second kappa shape index (κ2) is 7.87. The molecule has 1 nitrogen and oxygen atoms in total. The quantitative estimate of drug-likeness (QED) is 0.370. The Morgan fingerprint density at radius 2 is 1.81 bits per heavy atom. The largest absolute Gasteiger partial charge is 0.298 e. The molecule has 0 atom stereocenters. The van der Waals surface area contributed by atoms with E-state index in [1.54, 1.807) is 0 Å². The lowest BCUT2D eigenvalue weighted by Crippen LogP contribution is -2.19. The van der Waals surface area contributed by atoms with Gasteiger partial charge in [0.05, 0.1) is 0 Å². The number of carbonyl (C=O) groups excluding carboxylic acids is 1. The van der Waals surface area contributed by atoms with Crippen molar-refractivity contribution in [1.82, 2.24) is 0 Å². The van der Waals surface area contributed by atoms with Crippen LogP contribution >= 0.6 is 0 Å². The van der Waals surface area contributed by atoms with Crippen LogP contribution in [-0.2, 0) is 4.79 Å². The van der Waals surface area contributed by atoms with Gasteiger partial charge in [-0.1, -0.05) is 31.6 Å². The van der Waals surface area contributed by atoms with Crippen LogP contribution in [0.5, 0.6) is 0 Å². The first kappa shape index (κ1) is 17.3. The average Bonchev–Trinajstić information content (AvgIpc) is 2.37. The lowest BCUT2D eigenvalue weighted by Gasteiger charge is -2.32. The van der Waals surface area contributed by atoms with Crippen molar-refractivity contribution in [3.63, 3.8) is 0 Å². The summed E-state index contributed by atoms with van der Waals surface area (Å²) in [5, 5.41) is 0. The fourth-order valence-corrected chi connectivity index (χ4v) is 2.58. The van der Waals surface area contributed by atoms with Gasteiger partial charge in [0.25, 0.3) is 0 Å². The first-order chi connectivity index (χ1) is 9.86. The van der Waals surface area contributed by atoms with Gasteiger partial charge in [-0.05, 0) is 55.4 Å². The van der Waals surface area contributed by atoms with Crippen LogP contribution in [0.4, 0.5) is 8.78 Å². The van der Waals surface area contributed by atoms with Crippen molar-refractivity contribution in [2.24, 2.45) is 5.41 Å². The molecule has 0 unspecified atom stereocenters. The van der Waals surface area contributed by atoms with Gasteiger partial charge in [0.1, 0.15) is 17.9 Å². The van der Waals surface area contributed by atoms with Crippen LogP contribution in [0.3, 0.4) is 0 Å². The van der Waals surface area contributed by atoms with E-state index in [1.807, 2.05) is 6.08 Å². The summed E-state index contributed by atoms with van der Waals surface area (Å²) < 4.78 is 26.5. The van der Waals surface area contributed by atoms with Gasteiger partial charge in [0.2, 0.25) is 0 Å². The minimum absolute atomic E-state index is 0.0633. The van der Waals surface area contributed by atoms with Crippen molar-refractivity contribution >= 4 is 6.29 Å². The van der Waals surface area contributed by atoms with Gasteiger partial charge in [0, 0.05) is 6.08 Å². The molecule has 0 aromatic rings. The van der Waals surface area contributed by atoms with Gasteiger partial charge in [0.15, 0.2) is 0 Å². The van der Waals surface area contributed by atoms with Crippen LogP contribution in [-0.4, -0.2) is 6.29 Å². The smallest absolute Gasteiger partial charge is 0.145 e. The summed E-state index contributed by atoms with van der Waals surface area (Å²) in [5.41, 5.74) is 2.53. The molecule has 0 amide bonds. The maximum Gasteiger partial charge on any atom is 0.145 e. The zero-order valence-corrected chi connectivity index (χ0v) is 12.8. The minimum atomic E-state index is -0.704. The molecule has 0 heterocycles. The molecule has 21 heavy (non-hydrogen) atoms. The van der Waals surface area contributed by atoms with Crippen molar-refractivity contribution in [3.8, 4) is 0 Å². The molecular formula is C18H22F2O. The van der Waals surface area contributed by atoms with Crippen LogP contribution < -0.4 is 0 Å². The van der Waals surface area contributed by atoms with Crippen LogP contribution in [0.25, 0.3) is 0 Å². The van der Waals surface area contributed by atoms with Gasteiger partial charge < -0.3 is 0 Å². The second-order valence-electron chi connectivity index (χ2n) is 5.86. The minimum Gasteiger partial charge on any atom is -0.298 e. The highest BCUT2D eigenvalue weighted by Crippen LogP contribution is 2.40. The highest BCUT2D eigenvalue weighted by Gasteiger charge is 2.26. The van der Waals surface area contributed by atoms with Crippen LogP contribution in [0.2, 0.25) is 0 Å². The number of hydrogen-bond acceptors (Lipinski definition) is 1. The first-order valence-electron chi connectivity index (χ1n) is 7.10. The number of rotatable bonds is 5. The van der Waals surface area contributed by atoms with E-state index in [0.717, 1.165) is 25.0 Å². The Bertz CT molecular complexity index is 531. The van der Waals surface area contributed by atoms with E-state index in [1.165, 1.54) is 35.8 Å². The highest BCUT2D eigenvalue weighted by molar-refractivity contribution is 5.66. The predicted octanol–water partition coefficient (Wildman–Crippen LogP) is 5.53. The summed E-state index contributed by atoms with van der Waals surface area (Å²) in [6, 6.07) is 0. The molecular weight excluding hydrogens is 270 g/mol. The van der Waals surface area contributed by atoms with E-state index in [2.05, 4.69) is 20.8 Å². The van der Waals surface area contributed by atoms with E-state index in [0.29, 0.717) is 6.29 Å². The zero-order chi connectivity index (χ0) is 15.9. The molecule has 0 N–H and O–H groups in total. The lowest BCUT2D eigenvalue weighted by atomic mass is 9.72. The topological polar surface area (TPSA) is 17.1 Å². The number of allylic oxidation sites excluding steroid dienone is 10. The highest BCUT2D eigenvalue weighted by atomic mass is 19.1. The Morgan fingerprint density at radius 3 is 2.43 bits per heavy atom. The molecule has 1 rings (SSSR count). The van der Waals surface area contributed by atoms with E-state index in [9.17, 15) is 13.6 Å². The third-order valence-electron chi connectivity index (χ3n) is 3.69. The molecule has 1 aliphatic rings. The molecule has 0 aromatic carbocycles. The first-order valence-corrected chi connectivity index (χ1v) is 7.10. The maximum atomic E-state index is 13.7. The molecule has 0 aliphatic heterocycles. The monoisotopic (exact) mass is 292 g/mol. The standard InChI is InChI=1S/C18H22F2O/c1-14-6-5-12-18(2,3)17(14)10-9-15(19)7-4-8-16(20)11-13-21/h4,7-11,13H,5-6,12H2,1-3H3/b8-4+,10-9+,15-7-,16-11-. The van der Waals surface area contributed by atoms with Gasteiger partial charge >= 0.3 is 0 Å². The lowest BCUT2D eigenvalue weighted by molar-refractivity contribution is -0.104. The second-order valence-corrected chi connectivity index (χ2v) is 5.86. The maximum absolute atomic E-state index is 13.7. The number of halogens is 2.